The summed E-state index contributed by atoms with van der Waals surface area (Å²) in [7, 11) is 0. The van der Waals surface area contributed by atoms with Crippen molar-refractivity contribution in [2.75, 3.05) is 4.90 Å². The van der Waals surface area contributed by atoms with Crippen LogP contribution in [0.1, 0.15) is 9.60 Å². The molecule has 0 saturated heterocycles. The molecular formula is C44H31N. The fourth-order valence-electron chi connectivity index (χ4n) is 5.98. The van der Waals surface area contributed by atoms with Gasteiger partial charge in [-0.2, -0.15) is 0 Å². The first-order chi connectivity index (χ1) is 25.2. The van der Waals surface area contributed by atoms with Gasteiger partial charge in [0.2, 0.25) is 0 Å². The molecule has 0 radical (unpaired) electrons. The van der Waals surface area contributed by atoms with Crippen molar-refractivity contribution in [2.24, 2.45) is 0 Å². The van der Waals surface area contributed by atoms with Crippen molar-refractivity contribution in [2.45, 2.75) is 0 Å². The number of fused-ring (bicyclic) bond motifs is 2. The van der Waals surface area contributed by atoms with Crippen LogP contribution in [0.25, 0.3) is 54.9 Å². The molecule has 0 spiro atoms. The van der Waals surface area contributed by atoms with E-state index in [1.807, 2.05) is 91.0 Å². The predicted molar refractivity (Wildman–Crippen MR) is 192 cm³/mol. The molecule has 8 rings (SSSR count). The van der Waals surface area contributed by atoms with Gasteiger partial charge in [0.25, 0.3) is 0 Å². The molecule has 0 unspecified atom stereocenters. The summed E-state index contributed by atoms with van der Waals surface area (Å²) in [4.78, 5) is 1.78. The van der Waals surface area contributed by atoms with Crippen molar-refractivity contribution in [3.8, 4) is 33.4 Å². The Morgan fingerprint density at radius 1 is 0.378 bits per heavy atom. The summed E-state index contributed by atoms with van der Waals surface area (Å²) < 4.78 is 61.5. The lowest BCUT2D eigenvalue weighted by Crippen LogP contribution is -2.10. The second-order valence-electron chi connectivity index (χ2n) is 10.9. The average molecular weight is 581 g/mol. The van der Waals surface area contributed by atoms with Gasteiger partial charge in [0.05, 0.1) is 15.3 Å². The van der Waals surface area contributed by atoms with Gasteiger partial charge in [-0.1, -0.05) is 152 Å². The van der Waals surface area contributed by atoms with Gasteiger partial charge >= 0.3 is 0 Å². The fraction of sp³-hybridized carbons (Fsp3) is 0. The van der Waals surface area contributed by atoms with Crippen molar-refractivity contribution in [3.05, 3.63) is 188 Å². The first-order valence-electron chi connectivity index (χ1n) is 18.4. The number of rotatable bonds is 6. The molecule has 0 N–H and O–H groups in total. The summed E-state index contributed by atoms with van der Waals surface area (Å²) in [6.45, 7) is 0. The molecule has 0 bridgehead atoms. The average Bonchev–Trinajstić information content (AvgIpc) is 3.19. The third-order valence-electron chi connectivity index (χ3n) is 8.15. The molecule has 1 nitrogen and oxygen atoms in total. The lowest BCUT2D eigenvalue weighted by Gasteiger charge is -2.27. The van der Waals surface area contributed by atoms with Crippen molar-refractivity contribution < 1.29 is 9.60 Å². The van der Waals surface area contributed by atoms with Crippen LogP contribution in [0, 0.1) is 0 Å². The molecular weight excluding hydrogens is 542 g/mol. The van der Waals surface area contributed by atoms with Crippen LogP contribution in [-0.2, 0) is 0 Å². The van der Waals surface area contributed by atoms with Crippen molar-refractivity contribution >= 4 is 38.6 Å². The van der Waals surface area contributed by atoms with E-state index in [0.717, 1.165) is 44.2 Å². The smallest absolute Gasteiger partial charge is 0.0645 e. The van der Waals surface area contributed by atoms with Gasteiger partial charge in [-0.25, -0.2) is 0 Å². The molecule has 0 saturated carbocycles. The van der Waals surface area contributed by atoms with Crippen molar-refractivity contribution in [3.63, 3.8) is 0 Å². The van der Waals surface area contributed by atoms with Gasteiger partial charge in [0.15, 0.2) is 0 Å². The normalized spacial score (nSPS) is 13.3. The van der Waals surface area contributed by atoms with E-state index in [1.165, 1.54) is 0 Å². The van der Waals surface area contributed by atoms with E-state index >= 15 is 0 Å². The monoisotopic (exact) mass is 580 g/mol. The van der Waals surface area contributed by atoms with Crippen molar-refractivity contribution in [1.29, 1.82) is 0 Å². The maximum absolute atomic E-state index is 9.24. The van der Waals surface area contributed by atoms with E-state index in [1.54, 1.807) is 4.90 Å². The highest BCUT2D eigenvalue weighted by molar-refractivity contribution is 6.01. The van der Waals surface area contributed by atoms with Gasteiger partial charge < -0.3 is 4.90 Å². The van der Waals surface area contributed by atoms with Gasteiger partial charge in [-0.3, -0.25) is 0 Å². The van der Waals surface area contributed by atoms with Crippen LogP contribution in [0.3, 0.4) is 0 Å². The zero-order valence-corrected chi connectivity index (χ0v) is 24.3. The van der Waals surface area contributed by atoms with E-state index in [9.17, 15) is 1.37 Å². The Bertz CT molecular complexity index is 2640. The molecule has 0 aliphatic rings. The Hall–Kier alpha value is -5.92. The molecule has 0 amide bonds. The Morgan fingerprint density at radius 3 is 1.89 bits per heavy atom. The molecule has 0 fully saturated rings. The number of benzene rings is 8. The Balaban J connectivity index is 1.36. The van der Waals surface area contributed by atoms with Crippen LogP contribution in [-0.4, -0.2) is 0 Å². The maximum atomic E-state index is 9.24. The first-order valence-corrected chi connectivity index (χ1v) is 14.9. The van der Waals surface area contributed by atoms with E-state index in [4.69, 9.17) is 8.22 Å². The lowest BCUT2D eigenvalue weighted by atomic mass is 9.97. The minimum atomic E-state index is -0.485. The fourth-order valence-corrected chi connectivity index (χ4v) is 5.98. The molecule has 8 aromatic rings. The summed E-state index contributed by atoms with van der Waals surface area (Å²) in [6.07, 6.45) is 0. The van der Waals surface area contributed by atoms with E-state index < -0.39 is 30.2 Å². The van der Waals surface area contributed by atoms with Crippen LogP contribution in [0.2, 0.25) is 0 Å². The minimum absolute atomic E-state index is 0.0206. The Labute approximate surface area is 274 Å². The zero-order chi connectivity index (χ0) is 36.1. The molecule has 212 valence electrons. The largest absolute Gasteiger partial charge is 0.310 e. The van der Waals surface area contributed by atoms with E-state index in [0.29, 0.717) is 11.4 Å². The Kier molecular flexibility index (Phi) is 5.20. The highest BCUT2D eigenvalue weighted by Gasteiger charge is 2.17. The third-order valence-corrected chi connectivity index (χ3v) is 8.15. The molecule has 0 atom stereocenters. The first kappa shape index (κ1) is 20.1. The highest BCUT2D eigenvalue weighted by Crippen LogP contribution is 2.41. The van der Waals surface area contributed by atoms with Crippen LogP contribution in [0.4, 0.5) is 17.1 Å². The highest BCUT2D eigenvalue weighted by atomic mass is 15.1. The minimum Gasteiger partial charge on any atom is -0.310 e. The summed E-state index contributed by atoms with van der Waals surface area (Å²) >= 11 is 0. The SMILES string of the molecule is [2H]c1c([2H])c([2H])c2c(N(c3ccc(-c4cccc(-c5ccccc5)c4)cc3)c3cccc(-c4cccc5ccccc45)c3)c([2H])c([2H])c([2H])c2c1[2H]. The van der Waals surface area contributed by atoms with Crippen LogP contribution >= 0.6 is 0 Å². The standard InChI is InChI=1S/C44H31N/c1-2-12-32(13-3-1)36-18-8-19-37(30-36)33-26-28-39(29-27-33)45(44-25-11-17-35-15-5-7-23-43(35)44)40-21-9-20-38(31-40)42-24-10-16-34-14-4-6-22-41(34)42/h1-31H/i5D,7D,11D,15D,17D,23D,25D. The Morgan fingerprint density at radius 2 is 1.02 bits per heavy atom. The number of nitrogens with zero attached hydrogens (tertiary/aromatic N) is 1. The van der Waals surface area contributed by atoms with E-state index in [-0.39, 0.29) is 28.5 Å². The van der Waals surface area contributed by atoms with Crippen LogP contribution in [0.5, 0.6) is 0 Å². The topological polar surface area (TPSA) is 3.24 Å². The summed E-state index contributed by atoms with van der Waals surface area (Å²) in [5.74, 6) is 0. The number of hydrogen-bond acceptors (Lipinski definition) is 1. The van der Waals surface area contributed by atoms with Gasteiger partial charge in [-0.05, 0) is 85.9 Å². The van der Waals surface area contributed by atoms with Crippen LogP contribution in [0.15, 0.2) is 188 Å². The summed E-state index contributed by atoms with van der Waals surface area (Å²) in [5.41, 5.74) is 7.46. The molecule has 0 heterocycles. The molecule has 8 aromatic carbocycles. The predicted octanol–water partition coefficient (Wildman–Crippen LogP) is 12.5. The molecule has 0 aromatic heterocycles. The second kappa shape index (κ2) is 11.6. The molecule has 0 aliphatic carbocycles. The van der Waals surface area contributed by atoms with Gasteiger partial charge in [0, 0.05) is 16.8 Å². The molecule has 0 aliphatic heterocycles. The summed E-state index contributed by atoms with van der Waals surface area (Å²) in [6, 6.07) is 45.5. The third kappa shape index (κ3) is 5.15. The quantitative estimate of drug-likeness (QED) is 0.189. The molecule has 1 heteroatoms. The zero-order valence-electron chi connectivity index (χ0n) is 31.3. The van der Waals surface area contributed by atoms with Crippen LogP contribution < -0.4 is 4.90 Å². The maximum Gasteiger partial charge on any atom is 0.0645 e. The molecule has 45 heavy (non-hydrogen) atoms. The number of hydrogen-bond donors (Lipinski definition) is 0. The lowest BCUT2D eigenvalue weighted by molar-refractivity contribution is 1.30. The van der Waals surface area contributed by atoms with Gasteiger partial charge in [0.1, 0.15) is 0 Å². The summed E-state index contributed by atoms with van der Waals surface area (Å²) in [5, 5.41) is 2.09. The van der Waals surface area contributed by atoms with Crippen molar-refractivity contribution in [1.82, 2.24) is 0 Å². The second-order valence-corrected chi connectivity index (χ2v) is 10.9. The van der Waals surface area contributed by atoms with Gasteiger partial charge in [-0.15, -0.1) is 0 Å². The number of anilines is 3. The van der Waals surface area contributed by atoms with E-state index in [2.05, 4.69) is 54.6 Å².